The van der Waals surface area contributed by atoms with Gasteiger partial charge in [-0.3, -0.25) is 0 Å². The number of thiocarbonyl (C=S) groups is 2. The zero-order chi connectivity index (χ0) is 10.6. The van der Waals surface area contributed by atoms with Crippen LogP contribution in [0.5, 0.6) is 0 Å². The Labute approximate surface area is 88.7 Å². The van der Waals surface area contributed by atoms with Crippen LogP contribution in [0.15, 0.2) is 0 Å². The van der Waals surface area contributed by atoms with E-state index in [1.165, 1.54) is 5.37 Å². The molecule has 2 atom stereocenters. The fourth-order valence-electron chi connectivity index (χ4n) is 0.736. The lowest BCUT2D eigenvalue weighted by Gasteiger charge is -2.26. The standard InChI is InChI=1S/C8H13NO2S2/c1-5(4-12)7(13)9(3)6(2)8(10)11/h4-6H,1-3H3,(H,10,11)/t5?,6-/m0/s1. The average molecular weight is 219 g/mol. The summed E-state index contributed by atoms with van der Waals surface area (Å²) in [6, 6.07) is -0.607. The molecule has 13 heavy (non-hydrogen) atoms. The molecular formula is C8H13NO2S2. The van der Waals surface area contributed by atoms with Crippen molar-refractivity contribution < 1.29 is 9.90 Å². The van der Waals surface area contributed by atoms with Gasteiger partial charge in [0.25, 0.3) is 0 Å². The van der Waals surface area contributed by atoms with Crippen molar-refractivity contribution in [2.45, 2.75) is 19.9 Å². The molecule has 1 unspecified atom stereocenters. The van der Waals surface area contributed by atoms with Crippen LogP contribution in [0.2, 0.25) is 0 Å². The highest BCUT2D eigenvalue weighted by Crippen LogP contribution is 2.05. The van der Waals surface area contributed by atoms with Crippen molar-refractivity contribution in [2.75, 3.05) is 7.05 Å². The molecular weight excluding hydrogens is 206 g/mol. The van der Waals surface area contributed by atoms with Crippen LogP contribution in [-0.2, 0) is 4.79 Å². The number of carbonyl (C=O) groups is 1. The Balaban J connectivity index is 4.41. The molecule has 0 amide bonds. The number of likely N-dealkylation sites (N-methyl/N-ethyl adjacent to an activating group) is 1. The number of carboxylic acids is 1. The van der Waals surface area contributed by atoms with Gasteiger partial charge in [-0.15, -0.1) is 0 Å². The third-order valence-electron chi connectivity index (χ3n) is 1.88. The van der Waals surface area contributed by atoms with Crippen molar-refractivity contribution in [1.82, 2.24) is 4.90 Å². The Morgan fingerprint density at radius 3 is 2.31 bits per heavy atom. The third kappa shape index (κ3) is 3.36. The number of rotatable bonds is 4. The fraction of sp³-hybridized carbons (Fsp3) is 0.625. The summed E-state index contributed by atoms with van der Waals surface area (Å²) in [5.74, 6) is -0.932. The molecule has 0 heterocycles. The Kier molecular flexibility index (Phi) is 5.02. The van der Waals surface area contributed by atoms with E-state index >= 15 is 0 Å². The van der Waals surface area contributed by atoms with Gasteiger partial charge in [-0.05, 0) is 12.3 Å². The van der Waals surface area contributed by atoms with Gasteiger partial charge < -0.3 is 10.0 Å². The van der Waals surface area contributed by atoms with Gasteiger partial charge in [0, 0.05) is 13.0 Å². The number of aliphatic carboxylic acids is 1. The number of nitrogens with zero attached hydrogens (tertiary/aromatic N) is 1. The fourth-order valence-corrected chi connectivity index (χ4v) is 1.18. The van der Waals surface area contributed by atoms with Crippen molar-refractivity contribution in [1.29, 1.82) is 0 Å². The highest BCUT2D eigenvalue weighted by molar-refractivity contribution is 7.81. The smallest absolute Gasteiger partial charge is 0.326 e. The Hall–Kier alpha value is -0.550. The molecule has 74 valence electrons. The van der Waals surface area contributed by atoms with Crippen molar-refractivity contribution in [3.63, 3.8) is 0 Å². The molecule has 0 saturated carbocycles. The Bertz CT molecular complexity index is 230. The largest absolute Gasteiger partial charge is 0.480 e. The van der Waals surface area contributed by atoms with Crippen LogP contribution in [0.25, 0.3) is 0 Å². The number of hydrogen-bond acceptors (Lipinski definition) is 3. The van der Waals surface area contributed by atoms with Crippen molar-refractivity contribution >= 4 is 40.8 Å². The summed E-state index contributed by atoms with van der Waals surface area (Å²) < 4.78 is 0. The summed E-state index contributed by atoms with van der Waals surface area (Å²) >= 11 is 9.79. The lowest BCUT2D eigenvalue weighted by atomic mass is 10.2. The number of hydrogen-bond donors (Lipinski definition) is 1. The quantitative estimate of drug-likeness (QED) is 0.723. The normalized spacial score (nSPS) is 14.4. The zero-order valence-electron chi connectivity index (χ0n) is 7.85. The molecule has 0 spiro atoms. The molecule has 0 aromatic heterocycles. The van der Waals surface area contributed by atoms with E-state index in [1.54, 1.807) is 18.9 Å². The molecule has 0 rings (SSSR count). The third-order valence-corrected chi connectivity index (χ3v) is 2.95. The van der Waals surface area contributed by atoms with Crippen LogP contribution < -0.4 is 0 Å². The molecule has 3 nitrogen and oxygen atoms in total. The van der Waals surface area contributed by atoms with E-state index in [2.05, 4.69) is 0 Å². The SMILES string of the molecule is CC(C=S)C(=S)N(C)[C@@H](C)C(=O)O. The topological polar surface area (TPSA) is 40.5 Å². The highest BCUT2D eigenvalue weighted by Gasteiger charge is 2.21. The molecule has 0 saturated heterocycles. The maximum Gasteiger partial charge on any atom is 0.326 e. The first kappa shape index (κ1) is 12.4. The molecule has 0 fully saturated rings. The molecule has 0 aliphatic carbocycles. The minimum Gasteiger partial charge on any atom is -0.480 e. The lowest BCUT2D eigenvalue weighted by Crippen LogP contribution is -2.41. The van der Waals surface area contributed by atoms with Gasteiger partial charge in [0.15, 0.2) is 0 Å². The molecule has 0 aliphatic rings. The number of carboxylic acid groups (broad SMARTS) is 1. The molecule has 0 aromatic rings. The van der Waals surface area contributed by atoms with Crippen LogP contribution >= 0.6 is 24.4 Å². The summed E-state index contributed by atoms with van der Waals surface area (Å²) in [5.41, 5.74) is 0. The monoisotopic (exact) mass is 219 g/mol. The zero-order valence-corrected chi connectivity index (χ0v) is 9.48. The van der Waals surface area contributed by atoms with Crippen LogP contribution in [0.3, 0.4) is 0 Å². The molecule has 5 heteroatoms. The van der Waals surface area contributed by atoms with Crippen molar-refractivity contribution in [3.05, 3.63) is 0 Å². The first-order valence-electron chi connectivity index (χ1n) is 3.86. The van der Waals surface area contributed by atoms with E-state index in [-0.39, 0.29) is 5.92 Å². The van der Waals surface area contributed by atoms with Crippen LogP contribution in [-0.4, -0.2) is 39.4 Å². The van der Waals surface area contributed by atoms with Crippen LogP contribution in [0, 0.1) is 5.92 Å². The van der Waals surface area contributed by atoms with Gasteiger partial charge in [0.05, 0.1) is 4.99 Å². The molecule has 0 radical (unpaired) electrons. The van der Waals surface area contributed by atoms with E-state index < -0.39 is 12.0 Å². The van der Waals surface area contributed by atoms with Gasteiger partial charge in [0.2, 0.25) is 0 Å². The molecule has 1 N–H and O–H groups in total. The van der Waals surface area contributed by atoms with E-state index in [1.807, 2.05) is 6.92 Å². The minimum absolute atomic E-state index is 0.0446. The summed E-state index contributed by atoms with van der Waals surface area (Å²) in [4.78, 5) is 12.7. The van der Waals surface area contributed by atoms with E-state index in [0.29, 0.717) is 4.99 Å². The predicted molar refractivity (Wildman–Crippen MR) is 60.3 cm³/mol. The van der Waals surface area contributed by atoms with Gasteiger partial charge in [-0.1, -0.05) is 31.4 Å². The summed E-state index contributed by atoms with van der Waals surface area (Å²) in [5, 5.41) is 10.3. The Morgan fingerprint density at radius 1 is 1.54 bits per heavy atom. The average Bonchev–Trinajstić information content (AvgIpc) is 2.12. The summed E-state index contributed by atoms with van der Waals surface area (Å²) in [6.07, 6.45) is 0. The van der Waals surface area contributed by atoms with E-state index in [0.717, 1.165) is 0 Å². The minimum atomic E-state index is -0.888. The van der Waals surface area contributed by atoms with Crippen LogP contribution in [0.4, 0.5) is 0 Å². The van der Waals surface area contributed by atoms with Gasteiger partial charge in [-0.2, -0.15) is 0 Å². The highest BCUT2D eigenvalue weighted by atomic mass is 32.1. The first-order chi connectivity index (χ1) is 5.91. The van der Waals surface area contributed by atoms with E-state index in [9.17, 15) is 4.79 Å². The van der Waals surface area contributed by atoms with Crippen LogP contribution in [0.1, 0.15) is 13.8 Å². The molecule has 0 bridgehead atoms. The van der Waals surface area contributed by atoms with Crippen molar-refractivity contribution in [2.24, 2.45) is 5.92 Å². The Morgan fingerprint density at radius 2 is 2.00 bits per heavy atom. The molecule has 0 aromatic carbocycles. The van der Waals surface area contributed by atoms with Gasteiger partial charge in [-0.25, -0.2) is 4.79 Å². The maximum atomic E-state index is 10.6. The second kappa shape index (κ2) is 5.24. The predicted octanol–water partition coefficient (Wildman–Crippen LogP) is 1.35. The maximum absolute atomic E-state index is 10.6. The van der Waals surface area contributed by atoms with Gasteiger partial charge >= 0.3 is 5.97 Å². The second-order valence-electron chi connectivity index (χ2n) is 2.89. The van der Waals surface area contributed by atoms with Crippen molar-refractivity contribution in [3.8, 4) is 0 Å². The summed E-state index contributed by atoms with van der Waals surface area (Å²) in [6.45, 7) is 3.44. The lowest BCUT2D eigenvalue weighted by molar-refractivity contribution is -0.140. The summed E-state index contributed by atoms with van der Waals surface area (Å²) in [7, 11) is 1.66. The van der Waals surface area contributed by atoms with Gasteiger partial charge in [0.1, 0.15) is 6.04 Å². The van der Waals surface area contributed by atoms with E-state index in [4.69, 9.17) is 29.5 Å². The first-order valence-corrected chi connectivity index (χ1v) is 4.74. The second-order valence-corrected chi connectivity index (χ2v) is 3.58. The molecule has 0 aliphatic heterocycles.